The van der Waals surface area contributed by atoms with E-state index < -0.39 is 0 Å². The summed E-state index contributed by atoms with van der Waals surface area (Å²) in [4.78, 5) is 26.1. The summed E-state index contributed by atoms with van der Waals surface area (Å²) < 4.78 is 0. The van der Waals surface area contributed by atoms with Crippen molar-refractivity contribution in [3.8, 4) is 0 Å². The smallest absolute Gasteiger partial charge is 0.253 e. The number of nitrogens with one attached hydrogen (secondary N) is 1. The predicted octanol–water partition coefficient (Wildman–Crippen LogP) is 1.67. The topological polar surface area (TPSA) is 69.6 Å². The molecule has 1 aromatic rings. The highest BCUT2D eigenvalue weighted by Crippen LogP contribution is 2.21. The van der Waals surface area contributed by atoms with Gasteiger partial charge in [-0.1, -0.05) is 0 Å². The maximum atomic E-state index is 12.4. The number of aliphatic hydroxyl groups is 1. The Hall–Kier alpha value is -1.88. The first kappa shape index (κ1) is 16.5. The van der Waals surface area contributed by atoms with Gasteiger partial charge >= 0.3 is 0 Å². The van der Waals surface area contributed by atoms with Crippen LogP contribution in [0.5, 0.6) is 0 Å². The SMILES string of the molecule is CC(C)NC(=O)c1ccc(C(=O)N2CCC(C(C)O)C2)cc1. The van der Waals surface area contributed by atoms with Crippen LogP contribution in [-0.2, 0) is 0 Å². The monoisotopic (exact) mass is 304 g/mol. The van der Waals surface area contributed by atoms with Crippen molar-refractivity contribution < 1.29 is 14.7 Å². The van der Waals surface area contributed by atoms with Crippen LogP contribution in [0.4, 0.5) is 0 Å². The van der Waals surface area contributed by atoms with Gasteiger partial charge in [0.2, 0.25) is 0 Å². The molecule has 2 unspecified atom stereocenters. The second-order valence-corrected chi connectivity index (χ2v) is 6.25. The lowest BCUT2D eigenvalue weighted by atomic mass is 10.0. The Morgan fingerprint density at radius 1 is 1.18 bits per heavy atom. The van der Waals surface area contributed by atoms with Gasteiger partial charge in [-0.05, 0) is 51.5 Å². The number of hydrogen-bond acceptors (Lipinski definition) is 3. The van der Waals surface area contributed by atoms with Crippen LogP contribution in [0.1, 0.15) is 47.9 Å². The van der Waals surface area contributed by atoms with Crippen molar-refractivity contribution in [1.82, 2.24) is 10.2 Å². The summed E-state index contributed by atoms with van der Waals surface area (Å²) in [5, 5.41) is 12.4. The molecule has 1 aliphatic heterocycles. The molecule has 120 valence electrons. The maximum absolute atomic E-state index is 12.4. The molecule has 1 aliphatic rings. The minimum absolute atomic E-state index is 0.0426. The molecular weight excluding hydrogens is 280 g/mol. The average molecular weight is 304 g/mol. The minimum atomic E-state index is -0.389. The van der Waals surface area contributed by atoms with E-state index in [1.54, 1.807) is 36.1 Å². The molecule has 1 heterocycles. The third-order valence-electron chi connectivity index (χ3n) is 4.01. The van der Waals surface area contributed by atoms with E-state index in [9.17, 15) is 14.7 Å². The van der Waals surface area contributed by atoms with Crippen LogP contribution >= 0.6 is 0 Å². The molecule has 0 bridgehead atoms. The first-order chi connectivity index (χ1) is 10.4. The van der Waals surface area contributed by atoms with Crippen molar-refractivity contribution in [2.45, 2.75) is 39.3 Å². The largest absolute Gasteiger partial charge is 0.393 e. The van der Waals surface area contributed by atoms with E-state index in [2.05, 4.69) is 5.32 Å². The summed E-state index contributed by atoms with van der Waals surface area (Å²) in [5.74, 6) is -0.0247. The Labute approximate surface area is 131 Å². The number of amides is 2. The molecule has 0 radical (unpaired) electrons. The van der Waals surface area contributed by atoms with Crippen molar-refractivity contribution in [3.05, 3.63) is 35.4 Å². The van der Waals surface area contributed by atoms with Gasteiger partial charge in [0.1, 0.15) is 0 Å². The number of rotatable bonds is 4. The van der Waals surface area contributed by atoms with E-state index in [0.29, 0.717) is 24.2 Å². The third kappa shape index (κ3) is 3.85. The molecule has 1 fully saturated rings. The van der Waals surface area contributed by atoms with Crippen molar-refractivity contribution >= 4 is 11.8 Å². The van der Waals surface area contributed by atoms with Gasteiger partial charge in [0.15, 0.2) is 0 Å². The summed E-state index contributed by atoms with van der Waals surface area (Å²) >= 11 is 0. The fourth-order valence-corrected chi connectivity index (χ4v) is 2.66. The molecule has 0 aromatic heterocycles. The van der Waals surface area contributed by atoms with Crippen LogP contribution in [0.25, 0.3) is 0 Å². The van der Waals surface area contributed by atoms with Crippen LogP contribution in [0.2, 0.25) is 0 Å². The molecule has 5 heteroatoms. The van der Waals surface area contributed by atoms with E-state index >= 15 is 0 Å². The van der Waals surface area contributed by atoms with E-state index in [1.807, 2.05) is 13.8 Å². The van der Waals surface area contributed by atoms with Gasteiger partial charge in [-0.3, -0.25) is 9.59 Å². The lowest BCUT2D eigenvalue weighted by molar-refractivity contribution is 0.0761. The highest BCUT2D eigenvalue weighted by Gasteiger charge is 2.29. The van der Waals surface area contributed by atoms with Crippen LogP contribution in [0.15, 0.2) is 24.3 Å². The third-order valence-corrected chi connectivity index (χ3v) is 4.01. The number of carbonyl (C=O) groups is 2. The molecule has 22 heavy (non-hydrogen) atoms. The van der Waals surface area contributed by atoms with Gasteiger partial charge in [0.25, 0.3) is 11.8 Å². The second kappa shape index (κ2) is 6.92. The van der Waals surface area contributed by atoms with Crippen molar-refractivity contribution in [3.63, 3.8) is 0 Å². The van der Waals surface area contributed by atoms with Crippen LogP contribution in [-0.4, -0.2) is 47.1 Å². The normalized spacial score (nSPS) is 19.3. The molecule has 0 saturated carbocycles. The standard InChI is InChI=1S/C17H24N2O3/c1-11(2)18-16(21)13-4-6-14(7-5-13)17(22)19-9-8-15(10-19)12(3)20/h4-7,11-12,15,20H,8-10H2,1-3H3,(H,18,21). The zero-order valence-corrected chi connectivity index (χ0v) is 13.4. The zero-order chi connectivity index (χ0) is 16.3. The van der Waals surface area contributed by atoms with Gasteiger partial charge in [-0.25, -0.2) is 0 Å². The summed E-state index contributed by atoms with van der Waals surface area (Å²) in [5.41, 5.74) is 1.13. The van der Waals surface area contributed by atoms with E-state index in [4.69, 9.17) is 0 Å². The number of likely N-dealkylation sites (tertiary alicyclic amines) is 1. The number of benzene rings is 1. The van der Waals surface area contributed by atoms with Crippen LogP contribution < -0.4 is 5.32 Å². The fraction of sp³-hybridized carbons (Fsp3) is 0.529. The first-order valence-corrected chi connectivity index (χ1v) is 7.76. The van der Waals surface area contributed by atoms with Gasteiger partial charge in [0, 0.05) is 36.2 Å². The minimum Gasteiger partial charge on any atom is -0.393 e. The van der Waals surface area contributed by atoms with E-state index in [1.165, 1.54) is 0 Å². The molecular formula is C17H24N2O3. The number of hydrogen-bond donors (Lipinski definition) is 2. The number of aliphatic hydroxyl groups excluding tert-OH is 1. The summed E-state index contributed by atoms with van der Waals surface area (Å²) in [6.45, 7) is 6.83. The highest BCUT2D eigenvalue weighted by molar-refractivity contribution is 5.98. The molecule has 0 aliphatic carbocycles. The first-order valence-electron chi connectivity index (χ1n) is 7.76. The van der Waals surface area contributed by atoms with Gasteiger partial charge in [-0.15, -0.1) is 0 Å². The van der Waals surface area contributed by atoms with Crippen LogP contribution in [0, 0.1) is 5.92 Å². The Morgan fingerprint density at radius 3 is 2.27 bits per heavy atom. The number of nitrogens with zero attached hydrogens (tertiary/aromatic N) is 1. The van der Waals surface area contributed by atoms with Gasteiger partial charge in [-0.2, -0.15) is 0 Å². The molecule has 5 nitrogen and oxygen atoms in total. The molecule has 2 atom stereocenters. The maximum Gasteiger partial charge on any atom is 0.253 e. The lowest BCUT2D eigenvalue weighted by Gasteiger charge is -2.18. The lowest BCUT2D eigenvalue weighted by Crippen LogP contribution is -2.31. The Bertz CT molecular complexity index is 537. The predicted molar refractivity (Wildman–Crippen MR) is 84.7 cm³/mol. The van der Waals surface area contributed by atoms with Crippen LogP contribution in [0.3, 0.4) is 0 Å². The summed E-state index contributed by atoms with van der Waals surface area (Å²) in [6.07, 6.45) is 0.443. The van der Waals surface area contributed by atoms with Gasteiger partial charge in [0.05, 0.1) is 6.10 Å². The fourth-order valence-electron chi connectivity index (χ4n) is 2.66. The number of carbonyl (C=O) groups excluding carboxylic acids is 2. The summed E-state index contributed by atoms with van der Waals surface area (Å²) in [6, 6.07) is 6.80. The zero-order valence-electron chi connectivity index (χ0n) is 13.4. The summed E-state index contributed by atoms with van der Waals surface area (Å²) in [7, 11) is 0. The molecule has 0 spiro atoms. The van der Waals surface area contributed by atoms with Gasteiger partial charge < -0.3 is 15.3 Å². The Balaban J connectivity index is 2.01. The molecule has 1 aromatic carbocycles. The van der Waals surface area contributed by atoms with Crippen molar-refractivity contribution in [1.29, 1.82) is 0 Å². The Morgan fingerprint density at radius 2 is 1.77 bits per heavy atom. The molecule has 2 N–H and O–H groups in total. The second-order valence-electron chi connectivity index (χ2n) is 6.25. The van der Waals surface area contributed by atoms with E-state index in [0.717, 1.165) is 6.42 Å². The highest BCUT2D eigenvalue weighted by atomic mass is 16.3. The van der Waals surface area contributed by atoms with Crippen molar-refractivity contribution in [2.75, 3.05) is 13.1 Å². The van der Waals surface area contributed by atoms with E-state index in [-0.39, 0.29) is 29.9 Å². The van der Waals surface area contributed by atoms with Crippen molar-refractivity contribution in [2.24, 2.45) is 5.92 Å². The molecule has 2 rings (SSSR count). The molecule has 2 amide bonds. The Kier molecular flexibility index (Phi) is 5.19. The molecule has 1 saturated heterocycles. The quantitative estimate of drug-likeness (QED) is 0.889. The average Bonchev–Trinajstić information content (AvgIpc) is 2.96.